The van der Waals surface area contributed by atoms with E-state index in [9.17, 15) is 13.6 Å². The van der Waals surface area contributed by atoms with Crippen molar-refractivity contribution in [1.29, 1.82) is 0 Å². The second kappa shape index (κ2) is 7.76. The van der Waals surface area contributed by atoms with Crippen LogP contribution in [0.25, 0.3) is 11.3 Å². The maximum atomic E-state index is 13.6. The van der Waals surface area contributed by atoms with Crippen molar-refractivity contribution in [3.8, 4) is 11.3 Å². The van der Waals surface area contributed by atoms with Gasteiger partial charge >= 0.3 is 0 Å². The highest BCUT2D eigenvalue weighted by Crippen LogP contribution is 2.31. The Kier molecular flexibility index (Phi) is 5.45. The fourth-order valence-electron chi connectivity index (χ4n) is 2.08. The standard InChI is InChI=1S/C18H14F2N2OS2/c1-11(17(23)21-15-8-7-13(19)9-14(15)20)25-18-22-16(10-24-18)12-5-3-2-4-6-12/h2-11H,1H3,(H,21,23)/t11-/m1/s1. The number of hydrogen-bond donors (Lipinski definition) is 1. The third kappa shape index (κ3) is 4.43. The van der Waals surface area contributed by atoms with Crippen LogP contribution in [-0.2, 0) is 4.79 Å². The highest BCUT2D eigenvalue weighted by atomic mass is 32.2. The van der Waals surface area contributed by atoms with E-state index in [-0.39, 0.29) is 11.6 Å². The summed E-state index contributed by atoms with van der Waals surface area (Å²) in [6.45, 7) is 1.71. The number of nitrogens with one attached hydrogen (secondary N) is 1. The molecule has 1 heterocycles. The number of carbonyl (C=O) groups is 1. The number of rotatable bonds is 5. The van der Waals surface area contributed by atoms with Gasteiger partial charge in [-0.1, -0.05) is 42.1 Å². The van der Waals surface area contributed by atoms with E-state index >= 15 is 0 Å². The summed E-state index contributed by atoms with van der Waals surface area (Å²) in [4.78, 5) is 16.7. The lowest BCUT2D eigenvalue weighted by Gasteiger charge is -2.11. The molecule has 1 atom stereocenters. The summed E-state index contributed by atoms with van der Waals surface area (Å²) in [6.07, 6.45) is 0. The van der Waals surface area contributed by atoms with Crippen molar-refractivity contribution in [2.24, 2.45) is 0 Å². The lowest BCUT2D eigenvalue weighted by Crippen LogP contribution is -2.22. The number of hydrogen-bond acceptors (Lipinski definition) is 4. The molecule has 0 spiro atoms. The van der Waals surface area contributed by atoms with E-state index in [1.165, 1.54) is 29.2 Å². The largest absolute Gasteiger partial charge is 0.323 e. The van der Waals surface area contributed by atoms with E-state index in [2.05, 4.69) is 10.3 Å². The molecule has 1 N–H and O–H groups in total. The van der Waals surface area contributed by atoms with Gasteiger partial charge in [-0.3, -0.25) is 4.79 Å². The van der Waals surface area contributed by atoms with Gasteiger partial charge in [0.15, 0.2) is 4.34 Å². The van der Waals surface area contributed by atoms with Gasteiger partial charge in [0.1, 0.15) is 11.6 Å². The van der Waals surface area contributed by atoms with Crippen LogP contribution in [-0.4, -0.2) is 16.1 Å². The fourth-order valence-corrected chi connectivity index (χ4v) is 4.05. The van der Waals surface area contributed by atoms with E-state index in [0.717, 1.165) is 27.7 Å². The number of thiazole rings is 1. The van der Waals surface area contributed by atoms with E-state index in [0.29, 0.717) is 0 Å². The number of aromatic nitrogens is 1. The van der Waals surface area contributed by atoms with Crippen molar-refractivity contribution in [2.45, 2.75) is 16.5 Å². The van der Waals surface area contributed by atoms with Crippen LogP contribution in [0.2, 0.25) is 0 Å². The average molecular weight is 376 g/mol. The number of amides is 1. The zero-order valence-corrected chi connectivity index (χ0v) is 14.8. The predicted octanol–water partition coefficient (Wildman–Crippen LogP) is 5.21. The highest BCUT2D eigenvalue weighted by Gasteiger charge is 2.18. The first kappa shape index (κ1) is 17.6. The molecule has 0 unspecified atom stereocenters. The SMILES string of the molecule is C[C@@H](Sc1nc(-c2ccccc2)cs1)C(=O)Nc1ccc(F)cc1F. The van der Waals surface area contributed by atoms with Crippen molar-refractivity contribution in [2.75, 3.05) is 5.32 Å². The van der Waals surface area contributed by atoms with Crippen molar-refractivity contribution in [3.63, 3.8) is 0 Å². The number of nitrogens with zero attached hydrogens (tertiary/aromatic N) is 1. The Morgan fingerprint density at radius 2 is 1.96 bits per heavy atom. The summed E-state index contributed by atoms with van der Waals surface area (Å²) < 4.78 is 27.3. The smallest absolute Gasteiger partial charge is 0.237 e. The predicted molar refractivity (Wildman–Crippen MR) is 97.9 cm³/mol. The van der Waals surface area contributed by atoms with Crippen LogP contribution in [0.4, 0.5) is 14.5 Å². The summed E-state index contributed by atoms with van der Waals surface area (Å²) in [6, 6.07) is 12.8. The summed E-state index contributed by atoms with van der Waals surface area (Å²) in [5.74, 6) is -1.85. The molecule has 0 aliphatic rings. The van der Waals surface area contributed by atoms with Gasteiger partial charge in [-0.05, 0) is 19.1 Å². The van der Waals surface area contributed by atoms with Crippen molar-refractivity contribution in [1.82, 2.24) is 4.98 Å². The second-order valence-electron chi connectivity index (χ2n) is 5.24. The molecule has 0 saturated heterocycles. The van der Waals surface area contributed by atoms with E-state index < -0.39 is 16.9 Å². The fraction of sp³-hybridized carbons (Fsp3) is 0.111. The minimum absolute atomic E-state index is 0.0389. The molecule has 0 fully saturated rings. The first-order chi connectivity index (χ1) is 12.0. The Morgan fingerprint density at radius 1 is 1.20 bits per heavy atom. The van der Waals surface area contributed by atoms with Crippen LogP contribution in [0.3, 0.4) is 0 Å². The van der Waals surface area contributed by atoms with Crippen molar-refractivity contribution in [3.05, 3.63) is 65.5 Å². The molecule has 0 bridgehead atoms. The maximum absolute atomic E-state index is 13.6. The van der Waals surface area contributed by atoms with Gasteiger partial charge in [-0.25, -0.2) is 13.8 Å². The van der Waals surface area contributed by atoms with Crippen LogP contribution in [0, 0.1) is 11.6 Å². The van der Waals surface area contributed by atoms with Crippen molar-refractivity contribution >= 4 is 34.7 Å². The molecule has 1 aromatic heterocycles. The Morgan fingerprint density at radius 3 is 2.68 bits per heavy atom. The molecular weight excluding hydrogens is 362 g/mol. The quantitative estimate of drug-likeness (QED) is 0.622. The van der Waals surface area contributed by atoms with Gasteiger partial charge in [0.05, 0.1) is 16.6 Å². The van der Waals surface area contributed by atoms with E-state index in [1.54, 1.807) is 6.92 Å². The third-order valence-corrected chi connectivity index (χ3v) is 5.46. The molecule has 3 nitrogen and oxygen atoms in total. The molecule has 0 aliphatic carbocycles. The zero-order valence-electron chi connectivity index (χ0n) is 13.2. The van der Waals surface area contributed by atoms with Gasteiger partial charge in [0.25, 0.3) is 0 Å². The van der Waals surface area contributed by atoms with E-state index in [4.69, 9.17) is 0 Å². The molecule has 1 amide bonds. The van der Waals surface area contributed by atoms with Gasteiger partial charge in [0.2, 0.25) is 5.91 Å². The second-order valence-corrected chi connectivity index (χ2v) is 7.68. The Labute approximate surface area is 152 Å². The van der Waals surface area contributed by atoms with Gasteiger partial charge in [0, 0.05) is 17.0 Å². The monoisotopic (exact) mass is 376 g/mol. The number of benzene rings is 2. The zero-order chi connectivity index (χ0) is 17.8. The first-order valence-corrected chi connectivity index (χ1v) is 9.22. The lowest BCUT2D eigenvalue weighted by atomic mass is 10.2. The summed E-state index contributed by atoms with van der Waals surface area (Å²) in [7, 11) is 0. The van der Waals surface area contributed by atoms with Crippen molar-refractivity contribution < 1.29 is 13.6 Å². The molecule has 25 heavy (non-hydrogen) atoms. The molecule has 0 radical (unpaired) electrons. The molecular formula is C18H14F2N2OS2. The Bertz CT molecular complexity index is 884. The molecule has 2 aromatic carbocycles. The first-order valence-electron chi connectivity index (χ1n) is 7.46. The Balaban J connectivity index is 1.65. The van der Waals surface area contributed by atoms with Crippen LogP contribution in [0.5, 0.6) is 0 Å². The molecule has 3 rings (SSSR count). The summed E-state index contributed by atoms with van der Waals surface area (Å²) in [5.41, 5.74) is 1.82. The Hall–Kier alpha value is -2.25. The number of anilines is 1. The third-order valence-electron chi connectivity index (χ3n) is 3.39. The van der Waals surface area contributed by atoms with Crippen LogP contribution in [0.1, 0.15) is 6.92 Å². The molecule has 7 heteroatoms. The molecule has 0 saturated carbocycles. The van der Waals surface area contributed by atoms with Crippen LogP contribution >= 0.6 is 23.1 Å². The summed E-state index contributed by atoms with van der Waals surface area (Å²) in [5, 5.41) is 3.93. The number of halogens is 2. The van der Waals surface area contributed by atoms with Gasteiger partial charge in [-0.15, -0.1) is 11.3 Å². The normalized spacial score (nSPS) is 12.0. The van der Waals surface area contributed by atoms with Gasteiger partial charge in [-0.2, -0.15) is 0 Å². The highest BCUT2D eigenvalue weighted by molar-refractivity contribution is 8.02. The molecule has 0 aliphatic heterocycles. The number of carbonyl (C=O) groups excluding carboxylic acids is 1. The molecule has 128 valence electrons. The molecule has 3 aromatic rings. The number of thioether (sulfide) groups is 1. The lowest BCUT2D eigenvalue weighted by molar-refractivity contribution is -0.115. The topological polar surface area (TPSA) is 42.0 Å². The van der Waals surface area contributed by atoms with Crippen LogP contribution < -0.4 is 5.32 Å². The van der Waals surface area contributed by atoms with E-state index in [1.807, 2.05) is 35.7 Å². The van der Waals surface area contributed by atoms with Crippen LogP contribution in [0.15, 0.2) is 58.3 Å². The minimum atomic E-state index is -0.800. The minimum Gasteiger partial charge on any atom is -0.323 e. The summed E-state index contributed by atoms with van der Waals surface area (Å²) >= 11 is 2.74. The van der Waals surface area contributed by atoms with Gasteiger partial charge < -0.3 is 5.32 Å². The maximum Gasteiger partial charge on any atom is 0.237 e. The average Bonchev–Trinajstić information content (AvgIpc) is 3.06.